The van der Waals surface area contributed by atoms with Crippen molar-refractivity contribution >= 4 is 5.69 Å². The molecule has 1 N–H and O–H groups in total. The number of aryl methyl sites for hydroxylation is 1. The summed E-state index contributed by atoms with van der Waals surface area (Å²) in [6.45, 7) is 12.9. The SMILES string of the molecule is CCCNC(C)C(CC)c1c([N+](=O)[O-])c(C)nn1C(C)C. The highest BCUT2D eigenvalue weighted by molar-refractivity contribution is 5.43. The summed E-state index contributed by atoms with van der Waals surface area (Å²) in [4.78, 5) is 11.2. The lowest BCUT2D eigenvalue weighted by Crippen LogP contribution is -2.34. The Kier molecular flexibility index (Phi) is 6.33. The zero-order valence-electron chi connectivity index (χ0n) is 14.0. The van der Waals surface area contributed by atoms with E-state index in [1.807, 2.05) is 18.5 Å². The second-order valence-corrected chi connectivity index (χ2v) is 5.87. The predicted octanol–water partition coefficient (Wildman–Crippen LogP) is 3.56. The van der Waals surface area contributed by atoms with Gasteiger partial charge in [0.15, 0.2) is 0 Å². The monoisotopic (exact) mass is 296 g/mol. The van der Waals surface area contributed by atoms with Gasteiger partial charge in [-0.25, -0.2) is 0 Å². The van der Waals surface area contributed by atoms with Gasteiger partial charge in [-0.1, -0.05) is 13.8 Å². The Balaban J connectivity index is 3.32. The van der Waals surface area contributed by atoms with Crippen LogP contribution in [0.2, 0.25) is 0 Å². The van der Waals surface area contributed by atoms with Crippen LogP contribution in [0.15, 0.2) is 0 Å². The maximum Gasteiger partial charge on any atom is 0.313 e. The maximum absolute atomic E-state index is 11.5. The van der Waals surface area contributed by atoms with Crippen molar-refractivity contribution in [2.24, 2.45) is 0 Å². The van der Waals surface area contributed by atoms with Gasteiger partial charge in [-0.05, 0) is 47.1 Å². The van der Waals surface area contributed by atoms with Crippen LogP contribution in [-0.2, 0) is 0 Å². The van der Waals surface area contributed by atoms with Crippen LogP contribution in [0.4, 0.5) is 5.69 Å². The highest BCUT2D eigenvalue weighted by Crippen LogP contribution is 2.35. The standard InChI is InChI=1S/C15H28N4O2/c1-7-9-16-11(5)13(8-2)15-14(19(20)21)12(6)17-18(15)10(3)4/h10-11,13,16H,7-9H2,1-6H3. The van der Waals surface area contributed by atoms with Gasteiger partial charge in [0.05, 0.1) is 4.92 Å². The minimum absolute atomic E-state index is 0.0838. The fraction of sp³-hybridized carbons (Fsp3) is 0.800. The molecule has 0 aromatic carbocycles. The van der Waals surface area contributed by atoms with Crippen LogP contribution in [0.1, 0.15) is 70.8 Å². The minimum atomic E-state index is -0.286. The third kappa shape index (κ3) is 3.81. The fourth-order valence-electron chi connectivity index (χ4n) is 2.82. The van der Waals surface area contributed by atoms with Gasteiger partial charge in [-0.3, -0.25) is 14.8 Å². The lowest BCUT2D eigenvalue weighted by Gasteiger charge is -2.25. The van der Waals surface area contributed by atoms with E-state index in [2.05, 4.69) is 31.2 Å². The molecule has 120 valence electrons. The molecule has 2 atom stereocenters. The number of nitrogens with one attached hydrogen (secondary N) is 1. The Morgan fingerprint density at radius 1 is 1.33 bits per heavy atom. The van der Waals surface area contributed by atoms with Crippen LogP contribution in [-0.4, -0.2) is 27.3 Å². The normalized spacial score (nSPS) is 14.4. The van der Waals surface area contributed by atoms with Crippen LogP contribution >= 0.6 is 0 Å². The summed E-state index contributed by atoms with van der Waals surface area (Å²) in [5.41, 5.74) is 1.44. The van der Waals surface area contributed by atoms with Crippen molar-refractivity contribution in [3.05, 3.63) is 21.5 Å². The average Bonchev–Trinajstić information content (AvgIpc) is 2.75. The molecule has 0 saturated heterocycles. The first-order valence-electron chi connectivity index (χ1n) is 7.81. The summed E-state index contributed by atoms with van der Waals surface area (Å²) in [6, 6.07) is 0.294. The zero-order valence-corrected chi connectivity index (χ0v) is 14.0. The molecule has 1 heterocycles. The maximum atomic E-state index is 11.5. The van der Waals surface area contributed by atoms with Crippen molar-refractivity contribution in [3.63, 3.8) is 0 Å². The van der Waals surface area contributed by atoms with E-state index in [-0.39, 0.29) is 28.6 Å². The molecule has 1 aromatic rings. The smallest absolute Gasteiger partial charge is 0.313 e. The summed E-state index contributed by atoms with van der Waals surface area (Å²) in [5.74, 6) is 0.0838. The Bertz CT molecular complexity index is 482. The van der Waals surface area contributed by atoms with Crippen molar-refractivity contribution in [1.82, 2.24) is 15.1 Å². The molecule has 0 radical (unpaired) electrons. The lowest BCUT2D eigenvalue weighted by atomic mass is 9.92. The average molecular weight is 296 g/mol. The molecule has 21 heavy (non-hydrogen) atoms. The van der Waals surface area contributed by atoms with Gasteiger partial charge in [0.1, 0.15) is 11.4 Å². The fourth-order valence-corrected chi connectivity index (χ4v) is 2.82. The van der Waals surface area contributed by atoms with Crippen molar-refractivity contribution in [2.45, 2.75) is 72.4 Å². The van der Waals surface area contributed by atoms with Crippen molar-refractivity contribution in [2.75, 3.05) is 6.54 Å². The summed E-state index contributed by atoms with van der Waals surface area (Å²) in [5, 5.41) is 19.3. The highest BCUT2D eigenvalue weighted by Gasteiger charge is 2.33. The quantitative estimate of drug-likeness (QED) is 0.588. The number of nitrogens with zero attached hydrogens (tertiary/aromatic N) is 3. The Morgan fingerprint density at radius 3 is 2.38 bits per heavy atom. The first-order chi connectivity index (χ1) is 9.84. The van der Waals surface area contributed by atoms with Crippen LogP contribution < -0.4 is 5.32 Å². The molecule has 6 nitrogen and oxygen atoms in total. The van der Waals surface area contributed by atoms with E-state index in [9.17, 15) is 10.1 Å². The molecule has 0 spiro atoms. The molecule has 0 saturated carbocycles. The zero-order chi connectivity index (χ0) is 16.2. The van der Waals surface area contributed by atoms with Crippen LogP contribution in [0, 0.1) is 17.0 Å². The largest absolute Gasteiger partial charge is 0.314 e. The number of hydrogen-bond acceptors (Lipinski definition) is 4. The molecule has 0 amide bonds. The van der Waals surface area contributed by atoms with Gasteiger partial charge < -0.3 is 5.32 Å². The second-order valence-electron chi connectivity index (χ2n) is 5.87. The van der Waals surface area contributed by atoms with Gasteiger partial charge in [0.2, 0.25) is 0 Å². The van der Waals surface area contributed by atoms with Crippen molar-refractivity contribution in [1.29, 1.82) is 0 Å². The Labute approximate surface area is 127 Å². The Hall–Kier alpha value is -1.43. The molecular weight excluding hydrogens is 268 g/mol. The molecule has 6 heteroatoms. The second kappa shape index (κ2) is 7.54. The van der Waals surface area contributed by atoms with E-state index in [0.29, 0.717) is 5.69 Å². The van der Waals surface area contributed by atoms with E-state index in [0.717, 1.165) is 25.1 Å². The van der Waals surface area contributed by atoms with E-state index in [4.69, 9.17) is 0 Å². The molecule has 0 aliphatic heterocycles. The molecule has 2 unspecified atom stereocenters. The predicted molar refractivity (Wildman–Crippen MR) is 84.8 cm³/mol. The summed E-state index contributed by atoms with van der Waals surface area (Å²) >= 11 is 0. The summed E-state index contributed by atoms with van der Waals surface area (Å²) in [6.07, 6.45) is 1.89. The summed E-state index contributed by atoms with van der Waals surface area (Å²) < 4.78 is 1.83. The number of nitro groups is 1. The van der Waals surface area contributed by atoms with Crippen LogP contribution in [0.5, 0.6) is 0 Å². The third-order valence-corrected chi connectivity index (χ3v) is 3.87. The van der Waals surface area contributed by atoms with E-state index < -0.39 is 0 Å². The first kappa shape index (κ1) is 17.6. The molecule has 0 aliphatic rings. The van der Waals surface area contributed by atoms with Crippen molar-refractivity contribution < 1.29 is 4.92 Å². The minimum Gasteiger partial charge on any atom is -0.314 e. The van der Waals surface area contributed by atoms with E-state index >= 15 is 0 Å². The van der Waals surface area contributed by atoms with Gasteiger partial charge in [-0.2, -0.15) is 5.10 Å². The van der Waals surface area contributed by atoms with Crippen LogP contribution in [0.25, 0.3) is 0 Å². The van der Waals surface area contributed by atoms with E-state index in [1.165, 1.54) is 0 Å². The number of hydrogen-bond donors (Lipinski definition) is 1. The molecule has 0 aliphatic carbocycles. The molecular formula is C15H28N4O2. The lowest BCUT2D eigenvalue weighted by molar-refractivity contribution is -0.386. The Morgan fingerprint density at radius 2 is 1.95 bits per heavy atom. The number of rotatable bonds is 8. The van der Waals surface area contributed by atoms with E-state index in [1.54, 1.807) is 6.92 Å². The topological polar surface area (TPSA) is 73.0 Å². The first-order valence-corrected chi connectivity index (χ1v) is 7.81. The molecule has 1 rings (SSSR count). The molecule has 1 aromatic heterocycles. The number of aromatic nitrogens is 2. The van der Waals surface area contributed by atoms with Crippen LogP contribution in [0.3, 0.4) is 0 Å². The molecule has 0 bridgehead atoms. The van der Waals surface area contributed by atoms with Gasteiger partial charge in [0, 0.05) is 18.0 Å². The van der Waals surface area contributed by atoms with Crippen molar-refractivity contribution in [3.8, 4) is 0 Å². The van der Waals surface area contributed by atoms with Gasteiger partial charge >= 0.3 is 5.69 Å². The molecule has 0 fully saturated rings. The highest BCUT2D eigenvalue weighted by atomic mass is 16.6. The van der Waals surface area contributed by atoms with Gasteiger partial charge in [0.25, 0.3) is 0 Å². The third-order valence-electron chi connectivity index (χ3n) is 3.87. The van der Waals surface area contributed by atoms with Gasteiger partial charge in [-0.15, -0.1) is 0 Å². The summed E-state index contributed by atoms with van der Waals surface area (Å²) in [7, 11) is 0.